The summed E-state index contributed by atoms with van der Waals surface area (Å²) in [5, 5.41) is 11.8. The van der Waals surface area contributed by atoms with Crippen molar-refractivity contribution in [3.8, 4) is 0 Å². The number of hydrogen-bond acceptors (Lipinski definition) is 6. The Bertz CT molecular complexity index is 914. The van der Waals surface area contributed by atoms with Gasteiger partial charge in [-0.3, -0.25) is 4.79 Å². The van der Waals surface area contributed by atoms with Crippen LogP contribution in [-0.2, 0) is 24.8 Å². The molecule has 0 radical (unpaired) electrons. The van der Waals surface area contributed by atoms with Crippen molar-refractivity contribution in [1.29, 1.82) is 0 Å². The minimum absolute atomic E-state index is 0.144. The summed E-state index contributed by atoms with van der Waals surface area (Å²) < 4.78 is 4.03. The molecule has 27 heavy (non-hydrogen) atoms. The van der Waals surface area contributed by atoms with Gasteiger partial charge in [0.1, 0.15) is 5.82 Å². The molecule has 4 heterocycles. The molecule has 1 atom stereocenters. The van der Waals surface area contributed by atoms with Crippen LogP contribution in [0.5, 0.6) is 0 Å². The molecule has 9 heteroatoms. The lowest BCUT2D eigenvalue weighted by Gasteiger charge is -2.32. The molecule has 3 aromatic heterocycles. The van der Waals surface area contributed by atoms with Gasteiger partial charge in [0, 0.05) is 43.8 Å². The smallest absolute Gasteiger partial charge is 0.228 e. The van der Waals surface area contributed by atoms with Gasteiger partial charge in [-0.2, -0.15) is 0 Å². The third-order valence-corrected chi connectivity index (χ3v) is 5.84. The number of aromatic nitrogens is 6. The van der Waals surface area contributed by atoms with Gasteiger partial charge < -0.3 is 14.0 Å². The van der Waals surface area contributed by atoms with Gasteiger partial charge in [-0.25, -0.2) is 9.97 Å². The second kappa shape index (κ2) is 7.59. The SMILES string of the molecule is Cc1nc(CC(=O)N2CCC[C@H](c3nnc(Cn4ccnc4)n3C)C2)cs1. The van der Waals surface area contributed by atoms with E-state index in [-0.39, 0.29) is 11.8 Å². The Morgan fingerprint density at radius 3 is 3.00 bits per heavy atom. The number of hydrogen-bond donors (Lipinski definition) is 0. The highest BCUT2D eigenvalue weighted by Gasteiger charge is 2.28. The number of piperidine rings is 1. The number of rotatable bonds is 5. The van der Waals surface area contributed by atoms with E-state index in [9.17, 15) is 4.79 Å². The summed E-state index contributed by atoms with van der Waals surface area (Å²) in [5.74, 6) is 2.20. The normalized spacial score (nSPS) is 17.4. The van der Waals surface area contributed by atoms with Gasteiger partial charge in [-0.1, -0.05) is 0 Å². The summed E-state index contributed by atoms with van der Waals surface area (Å²) in [6.07, 6.45) is 7.82. The molecule has 142 valence electrons. The van der Waals surface area contributed by atoms with Gasteiger partial charge >= 0.3 is 0 Å². The van der Waals surface area contributed by atoms with Gasteiger partial charge in [-0.05, 0) is 19.8 Å². The van der Waals surface area contributed by atoms with Crippen molar-refractivity contribution in [1.82, 2.24) is 34.2 Å². The van der Waals surface area contributed by atoms with E-state index in [4.69, 9.17) is 0 Å². The maximum absolute atomic E-state index is 12.7. The van der Waals surface area contributed by atoms with E-state index in [1.807, 2.05) is 35.0 Å². The minimum Gasteiger partial charge on any atom is -0.342 e. The van der Waals surface area contributed by atoms with Crippen LogP contribution in [0.3, 0.4) is 0 Å². The molecule has 0 N–H and O–H groups in total. The highest BCUT2D eigenvalue weighted by molar-refractivity contribution is 7.09. The van der Waals surface area contributed by atoms with Crippen LogP contribution in [0.25, 0.3) is 0 Å². The molecule has 0 spiro atoms. The monoisotopic (exact) mass is 385 g/mol. The first-order chi connectivity index (χ1) is 13.1. The molecule has 1 aliphatic rings. The van der Waals surface area contributed by atoms with E-state index in [0.29, 0.717) is 19.5 Å². The number of imidazole rings is 1. The van der Waals surface area contributed by atoms with Crippen molar-refractivity contribution in [3.63, 3.8) is 0 Å². The summed E-state index contributed by atoms with van der Waals surface area (Å²) >= 11 is 1.59. The summed E-state index contributed by atoms with van der Waals surface area (Å²) in [5.41, 5.74) is 0.867. The molecule has 4 rings (SSSR count). The average molecular weight is 385 g/mol. The Morgan fingerprint density at radius 2 is 2.26 bits per heavy atom. The first kappa shape index (κ1) is 17.8. The van der Waals surface area contributed by atoms with E-state index < -0.39 is 0 Å². The maximum atomic E-state index is 12.7. The fourth-order valence-corrected chi connectivity index (χ4v) is 4.20. The van der Waals surface area contributed by atoms with Crippen LogP contribution in [0.4, 0.5) is 0 Å². The molecule has 0 aromatic carbocycles. The van der Waals surface area contributed by atoms with Crippen molar-refractivity contribution >= 4 is 17.2 Å². The predicted octanol–water partition coefficient (Wildman–Crippen LogP) is 1.77. The Kier molecular flexibility index (Phi) is 5.02. The van der Waals surface area contributed by atoms with Crippen molar-refractivity contribution in [3.05, 3.63) is 46.5 Å². The van der Waals surface area contributed by atoms with Gasteiger partial charge in [0.25, 0.3) is 0 Å². The molecule has 0 bridgehead atoms. The summed E-state index contributed by atoms with van der Waals surface area (Å²) in [6, 6.07) is 0. The molecular weight excluding hydrogens is 362 g/mol. The highest BCUT2D eigenvalue weighted by atomic mass is 32.1. The fourth-order valence-electron chi connectivity index (χ4n) is 3.58. The lowest BCUT2D eigenvalue weighted by Crippen LogP contribution is -2.40. The zero-order chi connectivity index (χ0) is 18.8. The summed E-state index contributed by atoms with van der Waals surface area (Å²) in [7, 11) is 2.00. The van der Waals surface area contributed by atoms with Crippen LogP contribution in [0.1, 0.15) is 41.1 Å². The van der Waals surface area contributed by atoms with Gasteiger partial charge in [0.05, 0.1) is 30.0 Å². The number of carbonyl (C=O) groups is 1. The van der Waals surface area contributed by atoms with E-state index in [1.165, 1.54) is 0 Å². The zero-order valence-electron chi connectivity index (χ0n) is 15.6. The van der Waals surface area contributed by atoms with E-state index in [2.05, 4.69) is 24.7 Å². The molecular formula is C18H23N7OS. The first-order valence-corrected chi connectivity index (χ1v) is 10.0. The predicted molar refractivity (Wildman–Crippen MR) is 101 cm³/mol. The standard InChI is InChI=1S/C18H23N7OS/c1-13-20-15(11-27-13)8-17(26)25-6-3-4-14(9-25)18-22-21-16(23(18)2)10-24-7-5-19-12-24/h5,7,11-12,14H,3-4,6,8-10H2,1-2H3/t14-/m0/s1. The third kappa shape index (κ3) is 3.92. The van der Waals surface area contributed by atoms with E-state index in [0.717, 1.165) is 41.7 Å². The average Bonchev–Trinajstić information content (AvgIpc) is 3.39. The zero-order valence-corrected chi connectivity index (χ0v) is 16.4. The number of nitrogens with zero attached hydrogens (tertiary/aromatic N) is 7. The molecule has 1 fully saturated rings. The van der Waals surface area contributed by atoms with Gasteiger partial charge in [0.15, 0.2) is 5.82 Å². The first-order valence-electron chi connectivity index (χ1n) is 9.13. The molecule has 8 nitrogen and oxygen atoms in total. The lowest BCUT2D eigenvalue weighted by molar-refractivity contribution is -0.131. The quantitative estimate of drug-likeness (QED) is 0.669. The van der Waals surface area contributed by atoms with E-state index in [1.54, 1.807) is 23.9 Å². The molecule has 0 saturated carbocycles. The van der Waals surface area contributed by atoms with Gasteiger partial charge in [-0.15, -0.1) is 21.5 Å². The summed E-state index contributed by atoms with van der Waals surface area (Å²) in [6.45, 7) is 4.10. The number of likely N-dealkylation sites (tertiary alicyclic amines) is 1. The minimum atomic E-state index is 0.144. The lowest BCUT2D eigenvalue weighted by atomic mass is 9.96. The van der Waals surface area contributed by atoms with Crippen LogP contribution >= 0.6 is 11.3 Å². The Labute approximate surface area is 161 Å². The highest BCUT2D eigenvalue weighted by Crippen LogP contribution is 2.26. The third-order valence-electron chi connectivity index (χ3n) is 5.02. The molecule has 0 unspecified atom stereocenters. The fraction of sp³-hybridized carbons (Fsp3) is 0.500. The number of aryl methyl sites for hydroxylation is 1. The molecule has 1 saturated heterocycles. The van der Waals surface area contributed by atoms with Crippen LogP contribution in [-0.4, -0.2) is 53.2 Å². The molecule has 0 aliphatic carbocycles. The Balaban J connectivity index is 1.43. The van der Waals surface area contributed by atoms with Crippen molar-refractivity contribution < 1.29 is 4.79 Å². The Hall–Kier alpha value is -2.55. The van der Waals surface area contributed by atoms with Gasteiger partial charge in [0.2, 0.25) is 5.91 Å². The van der Waals surface area contributed by atoms with Crippen molar-refractivity contribution in [2.45, 2.75) is 38.6 Å². The largest absolute Gasteiger partial charge is 0.342 e. The molecule has 1 aliphatic heterocycles. The topological polar surface area (TPSA) is 81.7 Å². The van der Waals surface area contributed by atoms with Crippen molar-refractivity contribution in [2.75, 3.05) is 13.1 Å². The number of thiazole rings is 1. The van der Waals surface area contributed by atoms with Crippen LogP contribution in [0.2, 0.25) is 0 Å². The summed E-state index contributed by atoms with van der Waals surface area (Å²) in [4.78, 5) is 23.1. The maximum Gasteiger partial charge on any atom is 0.228 e. The van der Waals surface area contributed by atoms with Crippen molar-refractivity contribution in [2.24, 2.45) is 7.05 Å². The second-order valence-electron chi connectivity index (χ2n) is 6.98. The van der Waals surface area contributed by atoms with Crippen LogP contribution in [0, 0.1) is 6.92 Å². The molecule has 3 aromatic rings. The Morgan fingerprint density at radius 1 is 1.37 bits per heavy atom. The van der Waals surface area contributed by atoms with Crippen LogP contribution < -0.4 is 0 Å². The molecule has 1 amide bonds. The second-order valence-corrected chi connectivity index (χ2v) is 8.04. The number of amides is 1. The number of carbonyl (C=O) groups excluding carboxylic acids is 1. The van der Waals surface area contributed by atoms with Crippen LogP contribution in [0.15, 0.2) is 24.1 Å². The van der Waals surface area contributed by atoms with E-state index >= 15 is 0 Å².